The lowest BCUT2D eigenvalue weighted by Crippen LogP contribution is -2.01. The van der Waals surface area contributed by atoms with E-state index in [0.717, 1.165) is 11.3 Å². The van der Waals surface area contributed by atoms with Gasteiger partial charge in [-0.1, -0.05) is 0 Å². The molecule has 2 aliphatic rings. The molecule has 1 aliphatic carbocycles. The molecule has 0 saturated carbocycles. The normalized spacial score (nSPS) is 9.82. The zero-order valence-electron chi connectivity index (χ0n) is 5.70. The van der Waals surface area contributed by atoms with E-state index >= 15 is 0 Å². The van der Waals surface area contributed by atoms with Crippen LogP contribution < -0.4 is 5.36 Å². The molecule has 0 aromatic rings. The van der Waals surface area contributed by atoms with Crippen LogP contribution in [0, 0.1) is 0 Å². The number of benzene rings is 1. The molecule has 0 atom stereocenters. The molecule has 0 saturated heterocycles. The maximum absolute atomic E-state index is 8.44. The van der Waals surface area contributed by atoms with Gasteiger partial charge in [-0.25, -0.2) is 0 Å². The summed E-state index contributed by atoms with van der Waals surface area (Å²) < 4.78 is 0. The van der Waals surface area contributed by atoms with Crippen molar-refractivity contribution in [3.05, 3.63) is 35.3 Å². The van der Waals surface area contributed by atoms with Gasteiger partial charge in [-0.05, 0) is 6.07 Å². The minimum absolute atomic E-state index is 0.549. The van der Waals surface area contributed by atoms with Crippen LogP contribution in [0.3, 0.4) is 0 Å². The first-order chi connectivity index (χ1) is 5.40. The maximum Gasteiger partial charge on any atom is 0.317 e. The lowest BCUT2D eigenvalue weighted by atomic mass is 10.2. The van der Waals surface area contributed by atoms with Crippen molar-refractivity contribution in [2.75, 3.05) is 0 Å². The highest BCUT2D eigenvalue weighted by atomic mass is 15.1. The lowest BCUT2D eigenvalue weighted by Gasteiger charge is -1.88. The number of nitrogens with zero attached hydrogens (tertiary/aromatic N) is 2. The third-order valence-corrected chi connectivity index (χ3v) is 1.59. The number of fused-ring (bicyclic) bond motifs is 1. The molecule has 4 nitrogen and oxygen atoms in total. The lowest BCUT2D eigenvalue weighted by molar-refractivity contribution is -0.0650. The van der Waals surface area contributed by atoms with Crippen molar-refractivity contribution in [2.24, 2.45) is 0 Å². The Kier molecular flexibility index (Phi) is 1.14. The molecular formula is C7H6N4. The molecule has 11 heavy (non-hydrogen) atoms. The van der Waals surface area contributed by atoms with Crippen LogP contribution in [-0.4, -0.2) is 15.0 Å². The van der Waals surface area contributed by atoms with Crippen LogP contribution in [0.4, 0.5) is 0 Å². The number of hydrogen-bond acceptors (Lipinski definition) is 0. The summed E-state index contributed by atoms with van der Waals surface area (Å²) in [4.78, 5) is 3.07. The molecule has 0 amide bonds. The van der Waals surface area contributed by atoms with Crippen LogP contribution in [0.25, 0.3) is 16.8 Å². The number of H-pyrrole nitrogens is 2. The van der Waals surface area contributed by atoms with Gasteiger partial charge in [-0.3, -0.25) is 0 Å². The van der Waals surface area contributed by atoms with Crippen molar-refractivity contribution in [3.63, 3.8) is 0 Å². The predicted octanol–water partition coefficient (Wildman–Crippen LogP) is 0.578. The summed E-state index contributed by atoms with van der Waals surface area (Å²) in [6, 6.07) is 5.37. The Morgan fingerprint density at radius 1 is 1.36 bits per heavy atom. The smallest absolute Gasteiger partial charge is 0.317 e. The molecule has 2 rings (SSSR count). The Balaban J connectivity index is 2.88. The van der Waals surface area contributed by atoms with Gasteiger partial charge in [0, 0.05) is 17.8 Å². The highest BCUT2D eigenvalue weighted by molar-refractivity contribution is 5.58. The van der Waals surface area contributed by atoms with Crippen LogP contribution in [0.5, 0.6) is 0 Å². The second kappa shape index (κ2) is 2.11. The number of hydrogen-bond donors (Lipinski definition) is 2. The quantitative estimate of drug-likeness (QED) is 0.403. The number of aromatic nitrogens is 2. The van der Waals surface area contributed by atoms with Crippen molar-refractivity contribution in [1.29, 1.82) is 0 Å². The molecule has 0 radical (unpaired) electrons. The van der Waals surface area contributed by atoms with E-state index < -0.39 is 0 Å². The average Bonchev–Trinajstić information content (AvgIpc) is 2.50. The summed E-state index contributed by atoms with van der Waals surface area (Å²) in [6.45, 7) is 0. The third-order valence-electron chi connectivity index (χ3n) is 1.59. The summed E-state index contributed by atoms with van der Waals surface area (Å²) in [5.41, 5.74) is 10.4. The molecular weight excluding hydrogens is 140 g/mol. The first-order valence-corrected chi connectivity index (χ1v) is 3.24. The van der Waals surface area contributed by atoms with Gasteiger partial charge in [0.1, 0.15) is 0 Å². The van der Waals surface area contributed by atoms with E-state index in [-0.39, 0.29) is 0 Å². The monoisotopic (exact) mass is 146 g/mol. The third kappa shape index (κ3) is 0.855. The van der Waals surface area contributed by atoms with E-state index in [1.165, 1.54) is 0 Å². The van der Waals surface area contributed by atoms with E-state index in [9.17, 15) is 0 Å². The van der Waals surface area contributed by atoms with E-state index in [0.29, 0.717) is 5.36 Å². The predicted molar refractivity (Wildman–Crippen MR) is 38.5 cm³/mol. The van der Waals surface area contributed by atoms with Gasteiger partial charge in [0.05, 0.1) is 11.8 Å². The molecule has 0 spiro atoms. The Morgan fingerprint density at radius 3 is 3.09 bits per heavy atom. The zero-order chi connectivity index (χ0) is 7.68. The summed E-state index contributed by atoms with van der Waals surface area (Å²) in [7, 11) is 0. The van der Waals surface area contributed by atoms with Crippen molar-refractivity contribution < 1.29 is 4.79 Å². The Morgan fingerprint density at radius 2 is 2.27 bits per heavy atom. The number of rotatable bonds is 0. The van der Waals surface area contributed by atoms with Gasteiger partial charge < -0.3 is 15.7 Å². The summed E-state index contributed by atoms with van der Waals surface area (Å²) in [5, 5.41) is 6.29. The van der Waals surface area contributed by atoms with Crippen LogP contribution in [0.15, 0.2) is 24.4 Å². The van der Waals surface area contributed by atoms with Crippen LogP contribution in [0.2, 0.25) is 0 Å². The topological polar surface area (TPSA) is 68.0 Å². The first-order valence-electron chi connectivity index (χ1n) is 3.24. The fourth-order valence-corrected chi connectivity index (χ4v) is 1.03. The van der Waals surface area contributed by atoms with Gasteiger partial charge in [0.15, 0.2) is 0 Å². The number of aromatic amines is 2. The SMILES string of the molecule is [N-]=[N+]=c1ccc2c[nH][nH]c-2c1. The molecule has 0 unspecified atom stereocenters. The highest BCUT2D eigenvalue weighted by Crippen LogP contribution is 2.13. The molecule has 2 N–H and O–H groups in total. The van der Waals surface area contributed by atoms with Crippen LogP contribution in [0.1, 0.15) is 0 Å². The minimum Gasteiger partial charge on any atom is -0.361 e. The second-order valence-electron chi connectivity index (χ2n) is 2.29. The summed E-state index contributed by atoms with van der Waals surface area (Å²) >= 11 is 0. The molecule has 54 valence electrons. The van der Waals surface area contributed by atoms with Gasteiger partial charge in [0.2, 0.25) is 0 Å². The van der Waals surface area contributed by atoms with Crippen molar-refractivity contribution in [2.45, 2.75) is 0 Å². The van der Waals surface area contributed by atoms with E-state index in [1.54, 1.807) is 12.1 Å². The number of nitrogens with one attached hydrogen (secondary N) is 2. The maximum atomic E-state index is 8.44. The van der Waals surface area contributed by atoms with E-state index in [4.69, 9.17) is 5.53 Å². The Hall–Kier alpha value is -1.80. The van der Waals surface area contributed by atoms with Crippen molar-refractivity contribution in [1.82, 2.24) is 10.2 Å². The standard InChI is InChI=1S/C7H6N4/c8-10-6-2-1-5-4-9-11-7(5)3-6/h1-4,9,11H. The Bertz CT molecular complexity index is 418. The zero-order valence-corrected chi connectivity index (χ0v) is 5.70. The molecule has 1 heterocycles. The molecule has 4 heteroatoms. The molecule has 0 aromatic carbocycles. The molecule has 0 fully saturated rings. The summed E-state index contributed by atoms with van der Waals surface area (Å²) in [6.07, 6.45) is 1.84. The molecule has 1 aliphatic heterocycles. The first kappa shape index (κ1) is 5.95. The van der Waals surface area contributed by atoms with Crippen LogP contribution in [-0.2, 0) is 0 Å². The molecule has 0 aromatic heterocycles. The van der Waals surface area contributed by atoms with Gasteiger partial charge in [-0.2, -0.15) is 4.79 Å². The van der Waals surface area contributed by atoms with E-state index in [2.05, 4.69) is 15.0 Å². The van der Waals surface area contributed by atoms with Crippen LogP contribution >= 0.6 is 0 Å². The minimum atomic E-state index is 0.549. The van der Waals surface area contributed by atoms with Crippen molar-refractivity contribution >= 4 is 0 Å². The highest BCUT2D eigenvalue weighted by Gasteiger charge is 2.02. The second-order valence-corrected chi connectivity index (χ2v) is 2.29. The van der Waals surface area contributed by atoms with Gasteiger partial charge in [0.25, 0.3) is 0 Å². The average molecular weight is 146 g/mol. The largest absolute Gasteiger partial charge is 0.361 e. The summed E-state index contributed by atoms with van der Waals surface area (Å²) in [5.74, 6) is 0. The van der Waals surface area contributed by atoms with Gasteiger partial charge >= 0.3 is 5.36 Å². The fraction of sp³-hybridized carbons (Fsp3) is 0. The Labute approximate surface area is 62.4 Å². The fourth-order valence-electron chi connectivity index (χ4n) is 1.03. The van der Waals surface area contributed by atoms with Gasteiger partial charge in [-0.15, -0.1) is 0 Å². The van der Waals surface area contributed by atoms with E-state index in [1.807, 2.05) is 12.3 Å². The molecule has 0 bridgehead atoms. The van der Waals surface area contributed by atoms with Crippen molar-refractivity contribution in [3.8, 4) is 11.3 Å².